The van der Waals surface area contributed by atoms with Gasteiger partial charge in [0, 0.05) is 19.0 Å². The van der Waals surface area contributed by atoms with Crippen molar-refractivity contribution in [3.05, 3.63) is 94.5 Å². The Labute approximate surface area is 246 Å². The molecule has 42 heavy (non-hydrogen) atoms. The van der Waals surface area contributed by atoms with Gasteiger partial charge in [-0.2, -0.15) is 8.42 Å². The van der Waals surface area contributed by atoms with Gasteiger partial charge in [-0.25, -0.2) is 9.59 Å². The van der Waals surface area contributed by atoms with Crippen LogP contribution in [0.2, 0.25) is 0 Å². The molecule has 0 aliphatic rings. The number of carbonyl (C=O) groups is 3. The summed E-state index contributed by atoms with van der Waals surface area (Å²) >= 11 is 0. The Morgan fingerprint density at radius 2 is 1.24 bits per heavy atom. The Bertz CT molecular complexity index is 1480. The second kappa shape index (κ2) is 14.7. The largest absolute Gasteiger partial charge is 0.456 e. The third-order valence-corrected chi connectivity index (χ3v) is 5.45. The van der Waals surface area contributed by atoms with E-state index in [-0.39, 0.29) is 17.0 Å². The quantitative estimate of drug-likeness (QED) is 0.200. The summed E-state index contributed by atoms with van der Waals surface area (Å²) in [7, 11) is -3.67. The first-order valence-corrected chi connectivity index (χ1v) is 14.8. The number of aryl methyl sites for hydroxylation is 2. The zero-order valence-corrected chi connectivity index (χ0v) is 25.6. The van der Waals surface area contributed by atoms with Crippen LogP contribution < -0.4 is 14.8 Å². The number of esters is 3. The first kappa shape index (κ1) is 34.1. The van der Waals surface area contributed by atoms with Crippen LogP contribution in [0.5, 0.6) is 11.5 Å². The van der Waals surface area contributed by atoms with E-state index < -0.39 is 34.1 Å². The van der Waals surface area contributed by atoms with Crippen LogP contribution in [0.1, 0.15) is 71.2 Å². The zero-order chi connectivity index (χ0) is 31.7. The van der Waals surface area contributed by atoms with E-state index in [1.165, 1.54) is 13.0 Å². The van der Waals surface area contributed by atoms with Crippen molar-refractivity contribution in [2.24, 2.45) is 0 Å². The summed E-state index contributed by atoms with van der Waals surface area (Å²) in [5.41, 5.74) is 3.07. The lowest BCUT2D eigenvalue weighted by Crippen LogP contribution is -2.39. The van der Waals surface area contributed by atoms with Crippen LogP contribution >= 0.6 is 0 Å². The summed E-state index contributed by atoms with van der Waals surface area (Å²) in [5.74, 6) is -1.54. The minimum atomic E-state index is -3.67. The minimum Gasteiger partial charge on any atom is -0.456 e. The van der Waals surface area contributed by atoms with Gasteiger partial charge in [0.25, 0.3) is 10.1 Å². The first-order valence-electron chi connectivity index (χ1n) is 13.0. The molecule has 3 rings (SSSR count). The number of hydrogen-bond donors (Lipinski definition) is 2. The fraction of sp³-hybridized carbons (Fsp3) is 0.323. The smallest absolute Gasteiger partial charge is 0.343 e. The molecule has 11 heteroatoms. The first-order chi connectivity index (χ1) is 19.4. The van der Waals surface area contributed by atoms with E-state index in [9.17, 15) is 22.8 Å². The van der Waals surface area contributed by atoms with Gasteiger partial charge in [-0.3, -0.25) is 9.35 Å². The number of hydrogen-bond acceptors (Lipinski definition) is 9. The molecule has 0 saturated carbocycles. The van der Waals surface area contributed by atoms with Gasteiger partial charge < -0.3 is 19.5 Å². The topological polar surface area (TPSA) is 145 Å². The predicted molar refractivity (Wildman–Crippen MR) is 158 cm³/mol. The van der Waals surface area contributed by atoms with E-state index >= 15 is 0 Å². The molecule has 226 valence electrons. The van der Waals surface area contributed by atoms with Crippen LogP contribution in [-0.4, -0.2) is 49.2 Å². The van der Waals surface area contributed by atoms with Crippen molar-refractivity contribution >= 4 is 28.0 Å². The van der Waals surface area contributed by atoms with Crippen molar-refractivity contribution < 1.29 is 41.6 Å². The maximum atomic E-state index is 12.9. The maximum absolute atomic E-state index is 12.9. The predicted octanol–water partition coefficient (Wildman–Crippen LogP) is 5.24. The summed E-state index contributed by atoms with van der Waals surface area (Å²) in [5, 5.41) is 3.32. The van der Waals surface area contributed by atoms with E-state index in [2.05, 4.69) is 5.32 Å². The van der Waals surface area contributed by atoms with E-state index in [0.717, 1.165) is 11.1 Å². The molecule has 0 heterocycles. The molecular weight excluding hydrogens is 562 g/mol. The zero-order valence-electron chi connectivity index (χ0n) is 24.8. The molecule has 3 aromatic rings. The van der Waals surface area contributed by atoms with E-state index in [1.54, 1.807) is 48.5 Å². The molecule has 1 unspecified atom stereocenters. The molecule has 0 radical (unpaired) electrons. The number of ether oxygens (including phenoxy) is 3. The third-order valence-electron chi connectivity index (χ3n) is 5.45. The Hall–Kier alpha value is -4.06. The Kier molecular flexibility index (Phi) is 12.0. The summed E-state index contributed by atoms with van der Waals surface area (Å²) in [6.07, 6.45) is 0.0582. The van der Waals surface area contributed by atoms with Gasteiger partial charge in [-0.05, 0) is 76.6 Å². The molecule has 0 aliphatic carbocycles. The molecule has 0 aliphatic heterocycles. The second-order valence-electron chi connectivity index (χ2n) is 10.7. The minimum absolute atomic E-state index is 0.0384. The van der Waals surface area contributed by atoms with Crippen LogP contribution in [0.15, 0.2) is 66.7 Å². The highest BCUT2D eigenvalue weighted by Crippen LogP contribution is 2.33. The Morgan fingerprint density at radius 3 is 1.64 bits per heavy atom. The summed E-state index contributed by atoms with van der Waals surface area (Å²) in [6.45, 7) is 11.5. The molecule has 0 spiro atoms. The Morgan fingerprint density at radius 1 is 0.810 bits per heavy atom. The number of carbonyl (C=O) groups excluding carboxylic acids is 3. The molecule has 0 fully saturated rings. The van der Waals surface area contributed by atoms with E-state index in [1.807, 2.05) is 46.8 Å². The number of benzene rings is 3. The fourth-order valence-corrected chi connectivity index (χ4v) is 3.41. The van der Waals surface area contributed by atoms with Crippen LogP contribution in [0.3, 0.4) is 0 Å². The lowest BCUT2D eigenvalue weighted by Gasteiger charge is -2.25. The van der Waals surface area contributed by atoms with Gasteiger partial charge >= 0.3 is 17.9 Å². The molecular formula is C31H37NO9S. The van der Waals surface area contributed by atoms with Crippen LogP contribution in [0.25, 0.3) is 0 Å². The molecule has 1 atom stereocenters. The van der Waals surface area contributed by atoms with Gasteiger partial charge in [0.1, 0.15) is 6.10 Å². The van der Waals surface area contributed by atoms with Crippen molar-refractivity contribution in [1.29, 1.82) is 0 Å². The van der Waals surface area contributed by atoms with Gasteiger partial charge in [-0.15, -0.1) is 0 Å². The average Bonchev–Trinajstić information content (AvgIpc) is 2.86. The molecule has 0 saturated heterocycles. The molecule has 10 nitrogen and oxygen atoms in total. The summed E-state index contributed by atoms with van der Waals surface area (Å²) < 4.78 is 42.7. The monoisotopic (exact) mass is 599 g/mol. The normalized spacial score (nSPS) is 11.9. The van der Waals surface area contributed by atoms with E-state index in [0.29, 0.717) is 29.5 Å². The molecule has 0 amide bonds. The van der Waals surface area contributed by atoms with Crippen LogP contribution in [0.4, 0.5) is 0 Å². The fourth-order valence-electron chi connectivity index (χ4n) is 3.41. The van der Waals surface area contributed by atoms with Gasteiger partial charge in [-0.1, -0.05) is 41.5 Å². The highest BCUT2D eigenvalue weighted by atomic mass is 32.2. The van der Waals surface area contributed by atoms with E-state index in [4.69, 9.17) is 18.8 Å². The lowest BCUT2D eigenvalue weighted by atomic mass is 10.1. The van der Waals surface area contributed by atoms with Gasteiger partial charge in [0.15, 0.2) is 11.5 Å². The van der Waals surface area contributed by atoms with Gasteiger partial charge in [0.05, 0.1) is 17.4 Å². The van der Waals surface area contributed by atoms with Crippen molar-refractivity contribution in [3.8, 4) is 11.5 Å². The van der Waals surface area contributed by atoms with Crippen molar-refractivity contribution in [3.63, 3.8) is 0 Å². The standard InChI is InChI=1S/C30H33NO6.CH4O3S/c1-19-7-11-22(12-8-19)28(33)36-25-16-15-24(27(35-21(3)32)18-31-30(4,5)6)17-26(25)37-29(34)23-13-9-20(2)10-14-23;1-5(2,3)4/h7-17,27,31H,18H2,1-6H3;1H3,(H,2,3,4). The molecule has 2 N–H and O–H groups in total. The highest BCUT2D eigenvalue weighted by molar-refractivity contribution is 7.85. The summed E-state index contributed by atoms with van der Waals surface area (Å²) in [4.78, 5) is 37.5. The number of nitrogens with one attached hydrogen (secondary N) is 1. The SMILES string of the molecule is CC(=O)OC(CNC(C)(C)C)c1ccc(OC(=O)c2ccc(C)cc2)c(OC(=O)c2ccc(C)cc2)c1.CS(=O)(=O)O. The van der Waals surface area contributed by atoms with Crippen molar-refractivity contribution in [1.82, 2.24) is 5.32 Å². The molecule has 0 bridgehead atoms. The van der Waals surface area contributed by atoms with Crippen LogP contribution in [0, 0.1) is 13.8 Å². The van der Waals surface area contributed by atoms with Crippen LogP contribution in [-0.2, 0) is 19.6 Å². The third kappa shape index (κ3) is 12.6. The second-order valence-corrected chi connectivity index (χ2v) is 12.1. The number of rotatable bonds is 8. The van der Waals surface area contributed by atoms with Gasteiger partial charge in [0.2, 0.25) is 0 Å². The highest BCUT2D eigenvalue weighted by Gasteiger charge is 2.23. The Balaban J connectivity index is 0.00000113. The summed E-state index contributed by atoms with van der Waals surface area (Å²) in [6, 6.07) is 18.7. The maximum Gasteiger partial charge on any atom is 0.343 e. The molecule has 0 aromatic heterocycles. The molecule has 3 aromatic carbocycles. The average molecular weight is 600 g/mol. The lowest BCUT2D eigenvalue weighted by molar-refractivity contribution is -0.146. The van der Waals surface area contributed by atoms with Crippen molar-refractivity contribution in [2.45, 2.75) is 53.2 Å². The van der Waals surface area contributed by atoms with Crippen molar-refractivity contribution in [2.75, 3.05) is 12.8 Å².